The second kappa shape index (κ2) is 7.27. The molecule has 0 N–H and O–H groups in total. The van der Waals surface area contributed by atoms with Gasteiger partial charge in [0.1, 0.15) is 5.75 Å². The lowest BCUT2D eigenvalue weighted by molar-refractivity contribution is -0.296. The molecule has 156 valence electrons. The average Bonchev–Trinajstić information content (AvgIpc) is 3.45. The van der Waals surface area contributed by atoms with Gasteiger partial charge in [-0.3, -0.25) is 0 Å². The summed E-state index contributed by atoms with van der Waals surface area (Å²) in [6.45, 7) is 1.85. The zero-order valence-electron chi connectivity index (χ0n) is 15.2. The fourth-order valence-electron chi connectivity index (χ4n) is 3.06. The first-order valence-electron chi connectivity index (χ1n) is 8.71. The van der Waals surface area contributed by atoms with Gasteiger partial charge in [0.15, 0.2) is 11.6 Å². The molecular weight excluding hydrogens is 402 g/mol. The first-order valence-corrected chi connectivity index (χ1v) is 8.71. The Bertz CT molecular complexity index is 901. The quantitative estimate of drug-likeness (QED) is 0.425. The van der Waals surface area contributed by atoms with Crippen LogP contribution < -0.4 is 4.74 Å². The van der Waals surface area contributed by atoms with Gasteiger partial charge in [-0.05, 0) is 61.7 Å². The largest absolute Gasteiger partial charge is 0.462 e. The fraction of sp³-hybridized carbons (Fsp3) is 0.350. The Balaban J connectivity index is 1.80. The third kappa shape index (κ3) is 3.77. The maximum atomic E-state index is 14.4. The van der Waals surface area contributed by atoms with Gasteiger partial charge < -0.3 is 9.47 Å². The molecule has 0 aromatic heterocycles. The predicted molar refractivity (Wildman–Crippen MR) is 90.8 cm³/mol. The number of alkyl halides is 5. The van der Waals surface area contributed by atoms with Crippen LogP contribution in [0.4, 0.5) is 26.3 Å². The van der Waals surface area contributed by atoms with Gasteiger partial charge in [-0.15, -0.1) is 0 Å². The number of esters is 1. The molecule has 2 aromatic carbocycles. The van der Waals surface area contributed by atoms with Gasteiger partial charge >= 0.3 is 18.1 Å². The topological polar surface area (TPSA) is 35.5 Å². The van der Waals surface area contributed by atoms with E-state index in [1.807, 2.05) is 0 Å². The van der Waals surface area contributed by atoms with E-state index >= 15 is 0 Å². The van der Waals surface area contributed by atoms with E-state index in [4.69, 9.17) is 9.47 Å². The molecule has 1 fully saturated rings. The lowest BCUT2D eigenvalue weighted by Gasteiger charge is -2.29. The van der Waals surface area contributed by atoms with Crippen molar-refractivity contribution in [2.24, 2.45) is 0 Å². The van der Waals surface area contributed by atoms with Crippen molar-refractivity contribution < 1.29 is 40.6 Å². The average molecular weight is 418 g/mol. The molecule has 9 heteroatoms. The molecule has 0 aliphatic heterocycles. The summed E-state index contributed by atoms with van der Waals surface area (Å²) in [6.07, 6.45) is -6.52. The summed E-state index contributed by atoms with van der Waals surface area (Å²) in [5, 5.41) is 0. The van der Waals surface area contributed by atoms with Crippen molar-refractivity contribution in [2.75, 3.05) is 6.61 Å². The second-order valence-electron chi connectivity index (χ2n) is 6.65. The highest BCUT2D eigenvalue weighted by Crippen LogP contribution is 2.63. The lowest BCUT2D eigenvalue weighted by atomic mass is 9.88. The molecule has 0 bridgehead atoms. The number of ether oxygens (including phenoxy) is 2. The number of benzene rings is 2. The first-order chi connectivity index (χ1) is 13.5. The Morgan fingerprint density at radius 1 is 1.03 bits per heavy atom. The third-order valence-corrected chi connectivity index (χ3v) is 4.78. The van der Waals surface area contributed by atoms with E-state index in [9.17, 15) is 31.1 Å². The van der Waals surface area contributed by atoms with Crippen LogP contribution >= 0.6 is 0 Å². The van der Waals surface area contributed by atoms with Crippen molar-refractivity contribution in [1.29, 1.82) is 0 Å². The van der Waals surface area contributed by atoms with Crippen LogP contribution in [0.3, 0.4) is 0 Å². The van der Waals surface area contributed by atoms with Crippen molar-refractivity contribution >= 4 is 5.97 Å². The lowest BCUT2D eigenvalue weighted by Crippen LogP contribution is -2.47. The van der Waals surface area contributed by atoms with Crippen LogP contribution in [0.2, 0.25) is 0 Å². The maximum Gasteiger partial charge on any atom is 0.454 e. The molecule has 0 saturated heterocycles. The van der Waals surface area contributed by atoms with E-state index in [2.05, 4.69) is 0 Å². The Kier molecular flexibility index (Phi) is 5.27. The van der Waals surface area contributed by atoms with Gasteiger partial charge in [0, 0.05) is 0 Å². The van der Waals surface area contributed by atoms with Gasteiger partial charge in [-0.1, -0.05) is 6.07 Å². The minimum absolute atomic E-state index is 0.145. The fourth-order valence-corrected chi connectivity index (χ4v) is 3.06. The molecule has 0 atom stereocenters. The molecule has 1 aliphatic rings. The number of carbonyl (C=O) groups is 1. The monoisotopic (exact) mass is 418 g/mol. The Hall–Kier alpha value is -2.71. The van der Waals surface area contributed by atoms with E-state index in [-0.39, 0.29) is 23.7 Å². The molecule has 29 heavy (non-hydrogen) atoms. The van der Waals surface area contributed by atoms with Crippen LogP contribution in [0.15, 0.2) is 42.5 Å². The van der Waals surface area contributed by atoms with Crippen molar-refractivity contribution in [3.05, 3.63) is 59.4 Å². The summed E-state index contributed by atoms with van der Waals surface area (Å²) in [5.41, 5.74) is -2.63. The molecule has 0 spiro atoms. The van der Waals surface area contributed by atoms with Gasteiger partial charge in [-0.2, -0.15) is 22.0 Å². The standard InChI is InChI=1S/C20H16F6O3/c1-2-28-17(27)12-3-6-14(7-4-12)29-16-8-5-13(11-15(16)21)18(9-10-18)19(22,23)20(24,25)26/h3-8,11H,2,9-10H2,1H3. The first kappa shape index (κ1) is 21.0. The van der Waals surface area contributed by atoms with Crippen LogP contribution in [0.5, 0.6) is 11.5 Å². The van der Waals surface area contributed by atoms with E-state index in [1.54, 1.807) is 6.92 Å². The molecule has 2 aromatic rings. The highest BCUT2D eigenvalue weighted by atomic mass is 19.4. The smallest absolute Gasteiger partial charge is 0.454 e. The zero-order chi connectivity index (χ0) is 21.4. The molecule has 3 rings (SSSR count). The molecule has 0 unspecified atom stereocenters. The van der Waals surface area contributed by atoms with E-state index < -0.39 is 47.7 Å². The van der Waals surface area contributed by atoms with Crippen LogP contribution in [0.25, 0.3) is 0 Å². The van der Waals surface area contributed by atoms with Gasteiger partial charge in [0.25, 0.3) is 0 Å². The van der Waals surface area contributed by atoms with Crippen molar-refractivity contribution in [3.8, 4) is 11.5 Å². The summed E-state index contributed by atoms with van der Waals surface area (Å²) in [7, 11) is 0. The Labute approximate surface area is 162 Å². The van der Waals surface area contributed by atoms with E-state index in [0.717, 1.165) is 12.1 Å². The molecule has 3 nitrogen and oxygen atoms in total. The number of carbonyl (C=O) groups excluding carboxylic acids is 1. The number of hydrogen-bond donors (Lipinski definition) is 0. The number of halogens is 6. The summed E-state index contributed by atoms with van der Waals surface area (Å²) in [6, 6.07) is 8.20. The Morgan fingerprint density at radius 3 is 2.14 bits per heavy atom. The van der Waals surface area contributed by atoms with Gasteiger partial charge in [-0.25, -0.2) is 9.18 Å². The summed E-state index contributed by atoms with van der Waals surface area (Å²) in [4.78, 5) is 11.6. The normalized spacial score (nSPS) is 15.7. The predicted octanol–water partition coefficient (Wildman–Crippen LogP) is 6.02. The van der Waals surface area contributed by atoms with E-state index in [0.29, 0.717) is 6.07 Å². The van der Waals surface area contributed by atoms with Crippen molar-refractivity contribution in [3.63, 3.8) is 0 Å². The van der Waals surface area contributed by atoms with Crippen LogP contribution in [-0.2, 0) is 10.2 Å². The van der Waals surface area contributed by atoms with Gasteiger partial charge in [0.05, 0.1) is 17.6 Å². The summed E-state index contributed by atoms with van der Waals surface area (Å²) in [5.74, 6) is -6.77. The summed E-state index contributed by atoms with van der Waals surface area (Å²) >= 11 is 0. The molecule has 0 heterocycles. The minimum atomic E-state index is -5.73. The highest BCUT2D eigenvalue weighted by molar-refractivity contribution is 5.89. The third-order valence-electron chi connectivity index (χ3n) is 4.78. The SMILES string of the molecule is CCOC(=O)c1ccc(Oc2ccc(C3(C(F)(F)C(F)(F)F)CC3)cc2F)cc1. The van der Waals surface area contributed by atoms with Gasteiger partial charge in [0.2, 0.25) is 0 Å². The number of rotatable bonds is 6. The Morgan fingerprint density at radius 2 is 1.66 bits per heavy atom. The second-order valence-corrected chi connectivity index (χ2v) is 6.65. The van der Waals surface area contributed by atoms with Crippen LogP contribution in [0, 0.1) is 5.82 Å². The molecule has 1 saturated carbocycles. The van der Waals surface area contributed by atoms with Crippen LogP contribution in [-0.4, -0.2) is 24.7 Å². The van der Waals surface area contributed by atoms with Crippen molar-refractivity contribution in [2.45, 2.75) is 37.3 Å². The van der Waals surface area contributed by atoms with E-state index in [1.165, 1.54) is 24.3 Å². The number of hydrogen-bond acceptors (Lipinski definition) is 3. The zero-order valence-corrected chi connectivity index (χ0v) is 15.2. The molecule has 0 amide bonds. The van der Waals surface area contributed by atoms with Crippen LogP contribution in [0.1, 0.15) is 35.7 Å². The molecule has 1 aliphatic carbocycles. The molecular formula is C20H16F6O3. The molecule has 0 radical (unpaired) electrons. The maximum absolute atomic E-state index is 14.4. The van der Waals surface area contributed by atoms with Crippen molar-refractivity contribution in [1.82, 2.24) is 0 Å². The minimum Gasteiger partial charge on any atom is -0.462 e. The highest BCUT2D eigenvalue weighted by Gasteiger charge is 2.75. The summed E-state index contributed by atoms with van der Waals surface area (Å²) < 4.78 is 90.5.